The SMILES string of the molecule is COC(=O)c1cc(C(O)C(O)CNC(=O)OC(C)(C)C)c[nH]1. The van der Waals surface area contributed by atoms with Crippen molar-refractivity contribution < 1.29 is 29.3 Å². The molecule has 0 bridgehead atoms. The van der Waals surface area contributed by atoms with E-state index in [1.807, 2.05) is 0 Å². The molecule has 0 saturated carbocycles. The predicted molar refractivity (Wildman–Crippen MR) is 77.3 cm³/mol. The number of nitrogens with one attached hydrogen (secondary N) is 2. The summed E-state index contributed by atoms with van der Waals surface area (Å²) in [6.07, 6.45) is -1.84. The number of ether oxygens (including phenoxy) is 2. The molecule has 1 aromatic heterocycles. The molecule has 22 heavy (non-hydrogen) atoms. The van der Waals surface area contributed by atoms with E-state index in [1.165, 1.54) is 19.4 Å². The van der Waals surface area contributed by atoms with E-state index in [9.17, 15) is 19.8 Å². The monoisotopic (exact) mass is 314 g/mol. The highest BCUT2D eigenvalue weighted by atomic mass is 16.6. The van der Waals surface area contributed by atoms with Crippen molar-refractivity contribution in [1.29, 1.82) is 0 Å². The minimum absolute atomic E-state index is 0.156. The van der Waals surface area contributed by atoms with Crippen LogP contribution in [0.4, 0.5) is 4.79 Å². The van der Waals surface area contributed by atoms with Crippen LogP contribution in [0.2, 0.25) is 0 Å². The number of aliphatic hydroxyl groups excluding tert-OH is 2. The van der Waals surface area contributed by atoms with Crippen LogP contribution in [0.15, 0.2) is 12.3 Å². The van der Waals surface area contributed by atoms with Crippen molar-refractivity contribution in [2.45, 2.75) is 38.6 Å². The Morgan fingerprint density at radius 1 is 1.36 bits per heavy atom. The van der Waals surface area contributed by atoms with Gasteiger partial charge < -0.3 is 30.0 Å². The standard InChI is InChI=1S/C14H22N2O6/c1-14(2,3)22-13(20)16-7-10(17)11(18)8-5-9(15-6-8)12(19)21-4/h5-6,10-11,15,17-18H,7H2,1-4H3,(H,16,20). The molecule has 8 heteroatoms. The Morgan fingerprint density at radius 2 is 2.00 bits per heavy atom. The summed E-state index contributed by atoms with van der Waals surface area (Å²) in [5, 5.41) is 22.2. The van der Waals surface area contributed by atoms with Gasteiger partial charge >= 0.3 is 12.1 Å². The first kappa shape index (κ1) is 18.0. The van der Waals surface area contributed by atoms with Gasteiger partial charge in [0.15, 0.2) is 0 Å². The van der Waals surface area contributed by atoms with Crippen molar-refractivity contribution >= 4 is 12.1 Å². The number of hydrogen-bond acceptors (Lipinski definition) is 6. The van der Waals surface area contributed by atoms with Gasteiger partial charge in [0.25, 0.3) is 0 Å². The summed E-state index contributed by atoms with van der Waals surface area (Å²) in [4.78, 5) is 25.4. The Hall–Kier alpha value is -2.06. The lowest BCUT2D eigenvalue weighted by atomic mass is 10.1. The summed E-state index contributed by atoms with van der Waals surface area (Å²) in [5.74, 6) is -0.584. The molecule has 0 aliphatic carbocycles. The van der Waals surface area contributed by atoms with Crippen molar-refractivity contribution in [2.24, 2.45) is 0 Å². The van der Waals surface area contributed by atoms with Crippen LogP contribution in [0, 0.1) is 0 Å². The van der Waals surface area contributed by atoms with Gasteiger partial charge in [-0.3, -0.25) is 0 Å². The van der Waals surface area contributed by atoms with Gasteiger partial charge in [0.2, 0.25) is 0 Å². The molecule has 1 heterocycles. The first-order valence-electron chi connectivity index (χ1n) is 6.73. The summed E-state index contributed by atoms with van der Waals surface area (Å²) in [7, 11) is 1.23. The molecule has 0 fully saturated rings. The van der Waals surface area contributed by atoms with E-state index in [0.29, 0.717) is 5.56 Å². The van der Waals surface area contributed by atoms with Gasteiger partial charge in [-0.25, -0.2) is 9.59 Å². The number of carbonyl (C=O) groups is 2. The van der Waals surface area contributed by atoms with Gasteiger partial charge in [0.1, 0.15) is 23.5 Å². The number of esters is 1. The molecule has 2 unspecified atom stereocenters. The van der Waals surface area contributed by atoms with Crippen LogP contribution in [-0.4, -0.2) is 52.6 Å². The van der Waals surface area contributed by atoms with Crippen LogP contribution in [0.3, 0.4) is 0 Å². The van der Waals surface area contributed by atoms with Crippen LogP contribution in [0.5, 0.6) is 0 Å². The highest BCUT2D eigenvalue weighted by Crippen LogP contribution is 2.18. The summed E-state index contributed by atoms with van der Waals surface area (Å²) in [6, 6.07) is 1.37. The second kappa shape index (κ2) is 7.28. The molecular weight excluding hydrogens is 292 g/mol. The summed E-state index contributed by atoms with van der Waals surface area (Å²) >= 11 is 0. The molecule has 1 amide bonds. The van der Waals surface area contributed by atoms with E-state index in [-0.39, 0.29) is 12.2 Å². The number of methoxy groups -OCH3 is 1. The molecule has 124 valence electrons. The first-order valence-corrected chi connectivity index (χ1v) is 6.73. The fourth-order valence-electron chi connectivity index (χ4n) is 1.65. The molecule has 1 aromatic rings. The van der Waals surface area contributed by atoms with E-state index in [1.54, 1.807) is 20.8 Å². The maximum absolute atomic E-state index is 11.5. The molecule has 2 atom stereocenters. The number of carbonyl (C=O) groups excluding carboxylic acids is 2. The van der Waals surface area contributed by atoms with Crippen molar-refractivity contribution in [3.05, 3.63) is 23.5 Å². The maximum Gasteiger partial charge on any atom is 0.407 e. The number of H-pyrrole nitrogens is 1. The van der Waals surface area contributed by atoms with Gasteiger partial charge in [-0.15, -0.1) is 0 Å². The largest absolute Gasteiger partial charge is 0.464 e. The minimum atomic E-state index is -1.27. The van der Waals surface area contributed by atoms with Crippen molar-refractivity contribution in [2.75, 3.05) is 13.7 Å². The number of amides is 1. The van der Waals surface area contributed by atoms with Crippen LogP contribution >= 0.6 is 0 Å². The maximum atomic E-state index is 11.5. The molecule has 0 radical (unpaired) electrons. The topological polar surface area (TPSA) is 121 Å². The first-order chi connectivity index (χ1) is 10.1. The fraction of sp³-hybridized carbons (Fsp3) is 0.571. The quantitative estimate of drug-likeness (QED) is 0.594. The van der Waals surface area contributed by atoms with Crippen LogP contribution in [-0.2, 0) is 9.47 Å². The summed E-state index contributed by atoms with van der Waals surface area (Å²) < 4.78 is 9.54. The van der Waals surface area contributed by atoms with Gasteiger partial charge in [0.05, 0.1) is 7.11 Å². The zero-order chi connectivity index (χ0) is 16.9. The Balaban J connectivity index is 2.54. The van der Waals surface area contributed by atoms with Gasteiger partial charge in [-0.2, -0.15) is 0 Å². The smallest absolute Gasteiger partial charge is 0.407 e. The minimum Gasteiger partial charge on any atom is -0.464 e. The average molecular weight is 314 g/mol. The van der Waals surface area contributed by atoms with Crippen molar-refractivity contribution in [1.82, 2.24) is 10.3 Å². The lowest BCUT2D eigenvalue weighted by Gasteiger charge is -2.21. The van der Waals surface area contributed by atoms with Crippen molar-refractivity contribution in [3.63, 3.8) is 0 Å². The zero-order valence-electron chi connectivity index (χ0n) is 13.0. The van der Waals surface area contributed by atoms with Crippen LogP contribution < -0.4 is 5.32 Å². The molecule has 0 aromatic carbocycles. The Labute approximate surface area is 128 Å². The number of rotatable bonds is 5. The average Bonchev–Trinajstić information content (AvgIpc) is 2.90. The summed E-state index contributed by atoms with van der Waals surface area (Å²) in [6.45, 7) is 4.94. The molecule has 8 nitrogen and oxygen atoms in total. The third-order valence-corrected chi connectivity index (χ3v) is 2.67. The molecule has 1 rings (SSSR count). The molecule has 0 aliphatic heterocycles. The molecular formula is C14H22N2O6. The van der Waals surface area contributed by atoms with Gasteiger partial charge in [-0.05, 0) is 26.8 Å². The van der Waals surface area contributed by atoms with Gasteiger partial charge in [-0.1, -0.05) is 0 Å². The van der Waals surface area contributed by atoms with E-state index in [2.05, 4.69) is 15.0 Å². The third kappa shape index (κ3) is 5.38. The third-order valence-electron chi connectivity index (χ3n) is 2.67. The van der Waals surface area contributed by atoms with E-state index >= 15 is 0 Å². The normalized spacial score (nSPS) is 14.1. The van der Waals surface area contributed by atoms with Gasteiger partial charge in [0, 0.05) is 18.3 Å². The van der Waals surface area contributed by atoms with Crippen LogP contribution in [0.25, 0.3) is 0 Å². The number of aromatic nitrogens is 1. The Bertz CT molecular complexity index is 520. The second-order valence-corrected chi connectivity index (χ2v) is 5.73. The Morgan fingerprint density at radius 3 is 2.55 bits per heavy atom. The van der Waals surface area contributed by atoms with E-state index < -0.39 is 29.9 Å². The predicted octanol–water partition coefficient (Wildman–Crippen LogP) is 0.720. The zero-order valence-corrected chi connectivity index (χ0v) is 13.0. The Kier molecular flexibility index (Phi) is 5.95. The highest BCUT2D eigenvalue weighted by molar-refractivity contribution is 5.87. The second-order valence-electron chi connectivity index (χ2n) is 5.73. The molecule has 0 saturated heterocycles. The molecule has 0 aliphatic rings. The number of alkyl carbamates (subject to hydrolysis) is 1. The highest BCUT2D eigenvalue weighted by Gasteiger charge is 2.23. The number of aliphatic hydroxyl groups is 2. The van der Waals surface area contributed by atoms with Crippen molar-refractivity contribution in [3.8, 4) is 0 Å². The number of hydrogen-bond donors (Lipinski definition) is 4. The van der Waals surface area contributed by atoms with Crippen LogP contribution in [0.1, 0.15) is 42.9 Å². The fourth-order valence-corrected chi connectivity index (χ4v) is 1.65. The van der Waals surface area contributed by atoms with E-state index in [4.69, 9.17) is 4.74 Å². The van der Waals surface area contributed by atoms with E-state index in [0.717, 1.165) is 0 Å². The molecule has 4 N–H and O–H groups in total. The molecule has 0 spiro atoms. The number of aromatic amines is 1. The summed E-state index contributed by atoms with van der Waals surface area (Å²) in [5.41, 5.74) is -0.188. The lowest BCUT2D eigenvalue weighted by molar-refractivity contribution is 0.0130. The lowest BCUT2D eigenvalue weighted by Crippen LogP contribution is -2.38.